The third-order valence-corrected chi connectivity index (χ3v) is 3.25. The Labute approximate surface area is 91.4 Å². The molecule has 3 N–H and O–H groups in total. The van der Waals surface area contributed by atoms with Crippen molar-refractivity contribution in [3.63, 3.8) is 0 Å². The van der Waals surface area contributed by atoms with E-state index in [9.17, 15) is 9.90 Å². The zero-order chi connectivity index (χ0) is 11.6. The molecule has 1 atom stereocenters. The van der Waals surface area contributed by atoms with Crippen molar-refractivity contribution >= 4 is 5.91 Å². The molecule has 88 valence electrons. The number of hydrogen-bond acceptors (Lipinski definition) is 3. The summed E-state index contributed by atoms with van der Waals surface area (Å²) < 4.78 is 0. The van der Waals surface area contributed by atoms with Crippen LogP contribution in [0.5, 0.6) is 0 Å². The maximum absolute atomic E-state index is 11.7. The predicted octanol–water partition coefficient (Wildman–Crippen LogP) is 0.343. The van der Waals surface area contributed by atoms with Gasteiger partial charge in [-0.15, -0.1) is 0 Å². The van der Waals surface area contributed by atoms with Crippen LogP contribution >= 0.6 is 0 Å². The van der Waals surface area contributed by atoms with Crippen LogP contribution < -0.4 is 5.73 Å². The number of carbonyl (C=O) groups excluding carboxylic acids is 1. The fraction of sp³-hybridized carbons (Fsp3) is 0.909. The Morgan fingerprint density at radius 1 is 1.53 bits per heavy atom. The van der Waals surface area contributed by atoms with Gasteiger partial charge < -0.3 is 15.7 Å². The zero-order valence-corrected chi connectivity index (χ0v) is 9.86. The molecule has 1 aliphatic rings. The van der Waals surface area contributed by atoms with Crippen molar-refractivity contribution < 1.29 is 9.90 Å². The molecule has 0 aromatic carbocycles. The van der Waals surface area contributed by atoms with E-state index in [-0.39, 0.29) is 11.9 Å². The smallest absolute Gasteiger partial charge is 0.224 e. The maximum Gasteiger partial charge on any atom is 0.224 e. The first kappa shape index (κ1) is 12.5. The van der Waals surface area contributed by atoms with E-state index in [1.54, 1.807) is 4.90 Å². The summed E-state index contributed by atoms with van der Waals surface area (Å²) in [4.78, 5) is 13.4. The molecule has 4 nitrogen and oxygen atoms in total. The lowest BCUT2D eigenvalue weighted by Gasteiger charge is -2.46. The Morgan fingerprint density at radius 2 is 2.07 bits per heavy atom. The molecule has 15 heavy (non-hydrogen) atoms. The number of likely N-dealkylation sites (tertiary alicyclic amines) is 1. The summed E-state index contributed by atoms with van der Waals surface area (Å²) in [6.45, 7) is 6.88. The molecule has 1 rings (SSSR count). The van der Waals surface area contributed by atoms with Crippen LogP contribution in [0.1, 0.15) is 33.6 Å². The second-order valence-electron chi connectivity index (χ2n) is 4.94. The van der Waals surface area contributed by atoms with Gasteiger partial charge >= 0.3 is 0 Å². The predicted molar refractivity (Wildman–Crippen MR) is 59.3 cm³/mol. The molecule has 0 bridgehead atoms. The monoisotopic (exact) mass is 214 g/mol. The van der Waals surface area contributed by atoms with Crippen molar-refractivity contribution in [3.8, 4) is 0 Å². The van der Waals surface area contributed by atoms with Crippen molar-refractivity contribution in [1.82, 2.24) is 4.90 Å². The van der Waals surface area contributed by atoms with Crippen molar-refractivity contribution in [3.05, 3.63) is 0 Å². The van der Waals surface area contributed by atoms with Crippen LogP contribution in [-0.2, 0) is 4.79 Å². The van der Waals surface area contributed by atoms with Crippen molar-refractivity contribution in [1.29, 1.82) is 0 Å². The minimum absolute atomic E-state index is 0.0642. The molecule has 0 saturated carbocycles. The summed E-state index contributed by atoms with van der Waals surface area (Å²) in [6, 6.07) is -0.0761. The number of aliphatic hydroxyl groups is 1. The number of nitrogens with two attached hydrogens (primary N) is 1. The molecule has 0 aliphatic carbocycles. The van der Waals surface area contributed by atoms with Gasteiger partial charge in [-0.05, 0) is 12.3 Å². The normalized spacial score (nSPS) is 21.3. The zero-order valence-electron chi connectivity index (χ0n) is 9.86. The molecule has 0 spiro atoms. The van der Waals surface area contributed by atoms with Crippen LogP contribution in [0.25, 0.3) is 0 Å². The summed E-state index contributed by atoms with van der Waals surface area (Å²) in [5, 5.41) is 9.76. The first-order chi connectivity index (χ1) is 6.88. The number of β-amino-alcohol motifs (C(OH)–C–C–N with tert-alkyl or cyclic N) is 1. The highest BCUT2D eigenvalue weighted by molar-refractivity contribution is 5.78. The summed E-state index contributed by atoms with van der Waals surface area (Å²) in [6.07, 6.45) is 1.09. The number of amides is 1. The molecule has 1 unspecified atom stereocenters. The highest BCUT2D eigenvalue weighted by Crippen LogP contribution is 2.25. The second-order valence-corrected chi connectivity index (χ2v) is 4.94. The van der Waals surface area contributed by atoms with Crippen LogP contribution in [-0.4, -0.2) is 40.6 Å². The Hall–Kier alpha value is -0.610. The topological polar surface area (TPSA) is 66.6 Å². The van der Waals surface area contributed by atoms with Gasteiger partial charge in [-0.2, -0.15) is 0 Å². The first-order valence-electron chi connectivity index (χ1n) is 5.63. The van der Waals surface area contributed by atoms with E-state index >= 15 is 0 Å². The van der Waals surface area contributed by atoms with Gasteiger partial charge in [0.2, 0.25) is 5.91 Å². The van der Waals surface area contributed by atoms with Crippen LogP contribution in [0.4, 0.5) is 0 Å². The van der Waals surface area contributed by atoms with Gasteiger partial charge in [-0.1, -0.05) is 20.8 Å². The molecular formula is C11H22N2O2. The van der Waals surface area contributed by atoms with Gasteiger partial charge in [0, 0.05) is 12.5 Å². The van der Waals surface area contributed by atoms with Crippen LogP contribution in [0.2, 0.25) is 0 Å². The minimum atomic E-state index is -0.641. The van der Waals surface area contributed by atoms with Crippen molar-refractivity contribution in [2.24, 2.45) is 11.7 Å². The molecule has 4 heteroatoms. The first-order valence-corrected chi connectivity index (χ1v) is 5.63. The lowest BCUT2D eigenvalue weighted by Crippen LogP contribution is -2.63. The molecular weight excluding hydrogens is 192 g/mol. The van der Waals surface area contributed by atoms with Crippen molar-refractivity contribution in [2.45, 2.75) is 45.3 Å². The highest BCUT2D eigenvalue weighted by Gasteiger charge is 2.41. The van der Waals surface area contributed by atoms with Crippen LogP contribution in [0.15, 0.2) is 0 Å². The van der Waals surface area contributed by atoms with Crippen LogP contribution in [0, 0.1) is 5.92 Å². The Balaban J connectivity index is 2.33. The lowest BCUT2D eigenvalue weighted by atomic mass is 9.90. The molecule has 0 aromatic rings. The second kappa shape index (κ2) is 4.49. The number of hydrogen-bond donors (Lipinski definition) is 2. The number of rotatable bonds is 4. The number of carbonyl (C=O) groups is 1. The summed E-state index contributed by atoms with van der Waals surface area (Å²) in [5.41, 5.74) is 5.18. The van der Waals surface area contributed by atoms with E-state index < -0.39 is 5.60 Å². The van der Waals surface area contributed by atoms with E-state index in [1.165, 1.54) is 0 Å². The summed E-state index contributed by atoms with van der Waals surface area (Å²) >= 11 is 0. The standard InChI is InChI=1S/C11H22N2O2/c1-4-11(15)6-13(7-11)10(14)5-9(12)8(2)3/h8-9,15H,4-7,12H2,1-3H3. The third-order valence-electron chi connectivity index (χ3n) is 3.25. The van der Waals surface area contributed by atoms with Gasteiger partial charge in [-0.25, -0.2) is 0 Å². The molecule has 1 amide bonds. The summed E-state index contributed by atoms with van der Waals surface area (Å²) in [7, 11) is 0. The Kier molecular flexibility index (Phi) is 3.73. The molecule has 1 heterocycles. The largest absolute Gasteiger partial charge is 0.386 e. The van der Waals surface area contributed by atoms with Gasteiger partial charge in [-0.3, -0.25) is 4.79 Å². The van der Waals surface area contributed by atoms with Gasteiger partial charge in [0.15, 0.2) is 0 Å². The fourth-order valence-corrected chi connectivity index (χ4v) is 1.63. The lowest BCUT2D eigenvalue weighted by molar-refractivity contribution is -0.156. The van der Waals surface area contributed by atoms with E-state index in [4.69, 9.17) is 5.73 Å². The molecule has 1 fully saturated rings. The Bertz CT molecular complexity index is 235. The van der Waals surface area contributed by atoms with E-state index in [2.05, 4.69) is 0 Å². The number of nitrogens with zero attached hydrogens (tertiary/aromatic N) is 1. The van der Waals surface area contributed by atoms with Gasteiger partial charge in [0.25, 0.3) is 0 Å². The minimum Gasteiger partial charge on any atom is -0.386 e. The highest BCUT2D eigenvalue weighted by atomic mass is 16.3. The van der Waals surface area contributed by atoms with E-state index in [1.807, 2.05) is 20.8 Å². The van der Waals surface area contributed by atoms with E-state index in [0.29, 0.717) is 31.8 Å². The Morgan fingerprint density at radius 3 is 2.47 bits per heavy atom. The molecule has 1 saturated heterocycles. The van der Waals surface area contributed by atoms with E-state index in [0.717, 1.165) is 0 Å². The maximum atomic E-state index is 11.7. The third kappa shape index (κ3) is 2.92. The average molecular weight is 214 g/mol. The molecule has 1 aliphatic heterocycles. The fourth-order valence-electron chi connectivity index (χ4n) is 1.63. The van der Waals surface area contributed by atoms with Gasteiger partial charge in [0.1, 0.15) is 0 Å². The SMILES string of the molecule is CCC1(O)CN(C(=O)CC(N)C(C)C)C1. The quantitative estimate of drug-likeness (QED) is 0.709. The van der Waals surface area contributed by atoms with Gasteiger partial charge in [0.05, 0.1) is 18.7 Å². The average Bonchev–Trinajstić information content (AvgIpc) is 2.12. The molecule has 0 aromatic heterocycles. The summed E-state index contributed by atoms with van der Waals surface area (Å²) in [5.74, 6) is 0.384. The van der Waals surface area contributed by atoms with Crippen molar-refractivity contribution in [2.75, 3.05) is 13.1 Å². The molecule has 0 radical (unpaired) electrons. The van der Waals surface area contributed by atoms with Crippen LogP contribution in [0.3, 0.4) is 0 Å².